The lowest BCUT2D eigenvalue weighted by Gasteiger charge is -2.16. The zero-order valence-electron chi connectivity index (χ0n) is 9.61. The molecule has 0 radical (unpaired) electrons. The van der Waals surface area contributed by atoms with Crippen molar-refractivity contribution in [2.24, 2.45) is 0 Å². The van der Waals surface area contributed by atoms with Crippen LogP contribution in [0.25, 0.3) is 0 Å². The van der Waals surface area contributed by atoms with Gasteiger partial charge in [0.25, 0.3) is 5.69 Å². The monoisotopic (exact) mass is 242 g/mol. The molecule has 5 heteroatoms. The Bertz CT molecular complexity index is 396. The van der Waals surface area contributed by atoms with Gasteiger partial charge in [-0.3, -0.25) is 15.1 Å². The standard InChI is InChI=1S/C11H15ClN2O2/c1-4-9(12)8(3)11-10(14(15)16)6-5-7(2)13-11/h5-6,8-9H,4H2,1-3H3. The Hall–Kier alpha value is -1.16. The summed E-state index contributed by atoms with van der Waals surface area (Å²) in [7, 11) is 0. The van der Waals surface area contributed by atoms with Crippen LogP contribution >= 0.6 is 11.6 Å². The van der Waals surface area contributed by atoms with E-state index in [1.54, 1.807) is 6.07 Å². The second-order valence-corrected chi connectivity index (χ2v) is 4.39. The highest BCUT2D eigenvalue weighted by molar-refractivity contribution is 6.21. The number of pyridine rings is 1. The van der Waals surface area contributed by atoms with Crippen molar-refractivity contribution in [3.63, 3.8) is 0 Å². The van der Waals surface area contributed by atoms with Crippen molar-refractivity contribution >= 4 is 17.3 Å². The molecule has 0 saturated heterocycles. The fourth-order valence-corrected chi connectivity index (χ4v) is 1.70. The first kappa shape index (κ1) is 12.9. The van der Waals surface area contributed by atoms with Gasteiger partial charge >= 0.3 is 0 Å². The van der Waals surface area contributed by atoms with E-state index in [1.807, 2.05) is 20.8 Å². The number of nitro groups is 1. The molecule has 1 aromatic heterocycles. The van der Waals surface area contributed by atoms with E-state index < -0.39 is 4.92 Å². The minimum absolute atomic E-state index is 0.0530. The van der Waals surface area contributed by atoms with Crippen molar-refractivity contribution in [3.8, 4) is 0 Å². The van der Waals surface area contributed by atoms with Gasteiger partial charge in [-0.15, -0.1) is 11.6 Å². The van der Waals surface area contributed by atoms with Gasteiger partial charge in [-0.1, -0.05) is 13.8 Å². The Morgan fingerprint density at radius 2 is 2.19 bits per heavy atom. The van der Waals surface area contributed by atoms with Gasteiger partial charge in [0.05, 0.1) is 4.92 Å². The molecule has 1 heterocycles. The van der Waals surface area contributed by atoms with Crippen LogP contribution < -0.4 is 0 Å². The number of alkyl halides is 1. The molecule has 0 aliphatic heterocycles. The summed E-state index contributed by atoms with van der Waals surface area (Å²) in [6.45, 7) is 5.64. The molecule has 16 heavy (non-hydrogen) atoms. The topological polar surface area (TPSA) is 56.0 Å². The maximum Gasteiger partial charge on any atom is 0.291 e. The number of halogens is 1. The minimum atomic E-state index is -0.405. The first-order valence-electron chi connectivity index (χ1n) is 5.23. The van der Waals surface area contributed by atoms with E-state index in [2.05, 4.69) is 4.98 Å². The van der Waals surface area contributed by atoms with Crippen LogP contribution in [0.5, 0.6) is 0 Å². The summed E-state index contributed by atoms with van der Waals surface area (Å²) in [6.07, 6.45) is 0.759. The molecular weight excluding hydrogens is 228 g/mol. The Balaban J connectivity index is 3.19. The van der Waals surface area contributed by atoms with Gasteiger partial charge in [-0.25, -0.2) is 0 Å². The zero-order chi connectivity index (χ0) is 12.3. The van der Waals surface area contributed by atoms with Crippen molar-refractivity contribution in [1.82, 2.24) is 4.98 Å². The van der Waals surface area contributed by atoms with E-state index in [9.17, 15) is 10.1 Å². The molecule has 0 saturated carbocycles. The summed E-state index contributed by atoms with van der Waals surface area (Å²) in [4.78, 5) is 14.7. The van der Waals surface area contributed by atoms with Gasteiger partial charge in [0.1, 0.15) is 5.69 Å². The first-order chi connectivity index (χ1) is 7.47. The summed E-state index contributed by atoms with van der Waals surface area (Å²) < 4.78 is 0. The summed E-state index contributed by atoms with van der Waals surface area (Å²) in [5.41, 5.74) is 1.30. The Kier molecular flexibility index (Phi) is 4.24. The highest BCUT2D eigenvalue weighted by Crippen LogP contribution is 2.30. The molecule has 0 spiro atoms. The van der Waals surface area contributed by atoms with Crippen LogP contribution in [0.2, 0.25) is 0 Å². The highest BCUT2D eigenvalue weighted by atomic mass is 35.5. The Labute approximate surface area is 99.8 Å². The third-order valence-corrected chi connectivity index (χ3v) is 3.29. The average molecular weight is 243 g/mol. The molecule has 0 bridgehead atoms. The molecule has 2 unspecified atom stereocenters. The summed E-state index contributed by atoms with van der Waals surface area (Å²) in [6, 6.07) is 3.14. The molecule has 4 nitrogen and oxygen atoms in total. The summed E-state index contributed by atoms with van der Waals surface area (Å²) >= 11 is 6.12. The van der Waals surface area contributed by atoms with E-state index in [1.165, 1.54) is 6.07 Å². The summed E-state index contributed by atoms with van der Waals surface area (Å²) in [5.74, 6) is -0.119. The molecular formula is C11H15ClN2O2. The van der Waals surface area contributed by atoms with Crippen LogP contribution in [-0.2, 0) is 0 Å². The average Bonchev–Trinajstić information content (AvgIpc) is 2.26. The SMILES string of the molecule is CCC(Cl)C(C)c1nc(C)ccc1[N+](=O)[O-]. The van der Waals surface area contributed by atoms with Gasteiger partial charge in [-0.2, -0.15) is 0 Å². The van der Waals surface area contributed by atoms with Gasteiger partial charge in [0.2, 0.25) is 0 Å². The van der Waals surface area contributed by atoms with Crippen LogP contribution in [-0.4, -0.2) is 15.3 Å². The lowest BCUT2D eigenvalue weighted by Crippen LogP contribution is -2.12. The summed E-state index contributed by atoms with van der Waals surface area (Å²) in [5, 5.41) is 10.7. The smallest absolute Gasteiger partial charge is 0.258 e. The maximum atomic E-state index is 10.9. The van der Waals surface area contributed by atoms with Gasteiger partial charge in [0, 0.05) is 23.1 Å². The molecule has 1 rings (SSSR count). The van der Waals surface area contributed by atoms with E-state index in [0.717, 1.165) is 12.1 Å². The number of hydrogen-bond acceptors (Lipinski definition) is 3. The Morgan fingerprint density at radius 1 is 1.56 bits per heavy atom. The molecule has 0 amide bonds. The van der Waals surface area contributed by atoms with E-state index >= 15 is 0 Å². The lowest BCUT2D eigenvalue weighted by atomic mass is 9.99. The minimum Gasteiger partial charge on any atom is -0.258 e. The van der Waals surface area contributed by atoms with Gasteiger partial charge in [-0.05, 0) is 19.4 Å². The van der Waals surface area contributed by atoms with Crippen molar-refractivity contribution in [3.05, 3.63) is 33.6 Å². The molecule has 1 aromatic rings. The largest absolute Gasteiger partial charge is 0.291 e. The second kappa shape index (κ2) is 5.25. The Morgan fingerprint density at radius 3 is 2.69 bits per heavy atom. The van der Waals surface area contributed by atoms with E-state index in [-0.39, 0.29) is 17.0 Å². The zero-order valence-corrected chi connectivity index (χ0v) is 10.4. The molecule has 88 valence electrons. The van der Waals surface area contributed by atoms with Crippen LogP contribution in [0.1, 0.15) is 37.6 Å². The predicted octanol–water partition coefficient (Wildman–Crippen LogP) is 3.42. The van der Waals surface area contributed by atoms with Crippen LogP contribution in [0.4, 0.5) is 5.69 Å². The van der Waals surface area contributed by atoms with Crippen LogP contribution in [0.15, 0.2) is 12.1 Å². The van der Waals surface area contributed by atoms with Crippen LogP contribution in [0.3, 0.4) is 0 Å². The van der Waals surface area contributed by atoms with E-state index in [4.69, 9.17) is 11.6 Å². The normalized spacial score (nSPS) is 14.5. The van der Waals surface area contributed by atoms with Crippen LogP contribution in [0, 0.1) is 17.0 Å². The van der Waals surface area contributed by atoms with Gasteiger partial charge in [0.15, 0.2) is 0 Å². The molecule has 0 aliphatic carbocycles. The van der Waals surface area contributed by atoms with Crippen molar-refractivity contribution in [2.75, 3.05) is 0 Å². The number of rotatable bonds is 4. The molecule has 0 N–H and O–H groups in total. The van der Waals surface area contributed by atoms with Crippen molar-refractivity contribution in [2.45, 2.75) is 38.5 Å². The van der Waals surface area contributed by atoms with Gasteiger partial charge < -0.3 is 0 Å². The third kappa shape index (κ3) is 2.70. The molecule has 0 aromatic carbocycles. The highest BCUT2D eigenvalue weighted by Gasteiger charge is 2.25. The quantitative estimate of drug-likeness (QED) is 0.462. The fraction of sp³-hybridized carbons (Fsp3) is 0.545. The van der Waals surface area contributed by atoms with E-state index in [0.29, 0.717) is 5.69 Å². The fourth-order valence-electron chi connectivity index (χ4n) is 1.58. The molecule has 0 fully saturated rings. The molecule has 0 aliphatic rings. The third-order valence-electron chi connectivity index (χ3n) is 2.60. The molecule has 2 atom stereocenters. The first-order valence-corrected chi connectivity index (χ1v) is 5.67. The maximum absolute atomic E-state index is 10.9. The second-order valence-electron chi connectivity index (χ2n) is 3.83. The predicted molar refractivity (Wildman–Crippen MR) is 64.0 cm³/mol. The number of nitrogens with zero attached hydrogens (tertiary/aromatic N) is 2. The number of aromatic nitrogens is 1. The van der Waals surface area contributed by atoms with Crippen molar-refractivity contribution in [1.29, 1.82) is 0 Å². The lowest BCUT2D eigenvalue weighted by molar-refractivity contribution is -0.386. The van der Waals surface area contributed by atoms with Crippen molar-refractivity contribution < 1.29 is 4.92 Å². The number of hydrogen-bond donors (Lipinski definition) is 0. The number of aryl methyl sites for hydroxylation is 1.